The maximum Gasteiger partial charge on any atom is 0.152 e. The van der Waals surface area contributed by atoms with Gasteiger partial charge in [0.05, 0.1) is 0 Å². The molecule has 0 radical (unpaired) electrons. The molecule has 0 aliphatic rings. The van der Waals surface area contributed by atoms with Crippen molar-refractivity contribution in [3.8, 4) is 0 Å². The highest BCUT2D eigenvalue weighted by Crippen LogP contribution is 2.24. The van der Waals surface area contributed by atoms with Crippen molar-refractivity contribution >= 4 is 22.4 Å². The van der Waals surface area contributed by atoms with E-state index in [4.69, 9.17) is 0 Å². The molecular weight excluding hydrogens is 310 g/mol. The van der Waals surface area contributed by atoms with Gasteiger partial charge in [0.15, 0.2) is 5.82 Å². The lowest BCUT2D eigenvalue weighted by atomic mass is 10.1. The SMILES string of the molecule is Fc1cc(F)c2nccc(NCCCCNc3ccccn3)c2c1. The molecule has 3 aromatic rings. The molecule has 0 atom stereocenters. The summed E-state index contributed by atoms with van der Waals surface area (Å²) in [6.45, 7) is 1.53. The second-order valence-electron chi connectivity index (χ2n) is 5.42. The van der Waals surface area contributed by atoms with E-state index in [0.717, 1.165) is 31.3 Å². The van der Waals surface area contributed by atoms with Gasteiger partial charge in [-0.1, -0.05) is 6.07 Å². The van der Waals surface area contributed by atoms with Gasteiger partial charge in [-0.15, -0.1) is 0 Å². The van der Waals surface area contributed by atoms with Crippen LogP contribution in [-0.2, 0) is 0 Å². The standard InChI is InChI=1S/C18H18F2N4/c19-13-11-14-16(6-10-24-18(14)15(20)12-13)21-7-3-4-9-23-17-5-1-2-8-22-17/h1-2,5-6,8,10-12H,3-4,7,9H2,(H,21,24)(H,22,23). The van der Waals surface area contributed by atoms with Crippen LogP contribution in [0, 0.1) is 11.6 Å². The predicted octanol–water partition coefficient (Wildman–Crippen LogP) is 4.21. The van der Waals surface area contributed by atoms with Crippen molar-refractivity contribution in [3.63, 3.8) is 0 Å². The van der Waals surface area contributed by atoms with Crippen LogP contribution < -0.4 is 10.6 Å². The topological polar surface area (TPSA) is 49.8 Å². The highest BCUT2D eigenvalue weighted by molar-refractivity contribution is 5.91. The van der Waals surface area contributed by atoms with Crippen LogP contribution in [0.5, 0.6) is 0 Å². The number of pyridine rings is 2. The monoisotopic (exact) mass is 328 g/mol. The Morgan fingerprint density at radius 3 is 2.50 bits per heavy atom. The van der Waals surface area contributed by atoms with Crippen molar-refractivity contribution < 1.29 is 8.78 Å². The van der Waals surface area contributed by atoms with Crippen molar-refractivity contribution in [2.24, 2.45) is 0 Å². The van der Waals surface area contributed by atoms with E-state index in [1.54, 1.807) is 12.3 Å². The number of benzene rings is 1. The molecule has 1 aromatic carbocycles. The van der Waals surface area contributed by atoms with E-state index in [9.17, 15) is 8.78 Å². The first-order valence-corrected chi connectivity index (χ1v) is 7.86. The number of aromatic nitrogens is 2. The van der Waals surface area contributed by atoms with Gasteiger partial charge in [-0.25, -0.2) is 13.8 Å². The molecule has 2 aromatic heterocycles. The minimum atomic E-state index is -0.645. The Morgan fingerprint density at radius 2 is 1.71 bits per heavy atom. The summed E-state index contributed by atoms with van der Waals surface area (Å²) in [5.41, 5.74) is 0.870. The second kappa shape index (κ2) is 7.68. The summed E-state index contributed by atoms with van der Waals surface area (Å²) in [7, 11) is 0. The number of hydrogen-bond donors (Lipinski definition) is 2. The molecule has 124 valence electrons. The van der Waals surface area contributed by atoms with Crippen molar-refractivity contribution in [1.82, 2.24) is 9.97 Å². The molecule has 0 aliphatic heterocycles. The summed E-state index contributed by atoms with van der Waals surface area (Å²) in [6, 6.07) is 9.61. The summed E-state index contributed by atoms with van der Waals surface area (Å²) in [5, 5.41) is 6.92. The molecule has 24 heavy (non-hydrogen) atoms. The number of nitrogens with one attached hydrogen (secondary N) is 2. The third kappa shape index (κ3) is 3.95. The van der Waals surface area contributed by atoms with Crippen molar-refractivity contribution in [2.45, 2.75) is 12.8 Å². The Bertz CT molecular complexity index is 809. The number of halogens is 2. The van der Waals surface area contributed by atoms with E-state index in [1.165, 1.54) is 12.3 Å². The molecule has 0 bridgehead atoms. The van der Waals surface area contributed by atoms with Crippen molar-refractivity contribution in [3.05, 3.63) is 60.4 Å². The van der Waals surface area contributed by atoms with Gasteiger partial charge in [-0.05, 0) is 37.1 Å². The molecule has 0 saturated carbocycles. The molecule has 2 N–H and O–H groups in total. The molecule has 2 heterocycles. The Morgan fingerprint density at radius 1 is 0.875 bits per heavy atom. The first-order chi connectivity index (χ1) is 11.7. The Kier molecular flexibility index (Phi) is 5.15. The van der Waals surface area contributed by atoms with Gasteiger partial charge in [0.25, 0.3) is 0 Å². The van der Waals surface area contributed by atoms with Crippen molar-refractivity contribution in [1.29, 1.82) is 0 Å². The number of anilines is 2. The number of rotatable bonds is 7. The van der Waals surface area contributed by atoms with Gasteiger partial charge in [0, 0.05) is 42.6 Å². The minimum Gasteiger partial charge on any atom is -0.384 e. The fourth-order valence-electron chi connectivity index (χ4n) is 2.49. The maximum atomic E-state index is 13.7. The largest absolute Gasteiger partial charge is 0.384 e. The van der Waals surface area contributed by atoms with Gasteiger partial charge in [0.1, 0.15) is 17.2 Å². The first kappa shape index (κ1) is 16.1. The lowest BCUT2D eigenvalue weighted by Crippen LogP contribution is -2.07. The lowest BCUT2D eigenvalue weighted by molar-refractivity contribution is 0.590. The molecule has 6 heteroatoms. The van der Waals surface area contributed by atoms with Crippen LogP contribution in [0.2, 0.25) is 0 Å². The van der Waals surface area contributed by atoms with Gasteiger partial charge < -0.3 is 10.6 Å². The summed E-state index contributed by atoms with van der Waals surface area (Å²) in [5.74, 6) is -0.389. The average Bonchev–Trinajstić information content (AvgIpc) is 2.59. The van der Waals surface area contributed by atoms with E-state index < -0.39 is 11.6 Å². The average molecular weight is 328 g/mol. The highest BCUT2D eigenvalue weighted by atomic mass is 19.1. The molecule has 0 unspecified atom stereocenters. The third-order valence-corrected chi connectivity index (χ3v) is 3.65. The zero-order valence-corrected chi connectivity index (χ0v) is 13.1. The zero-order chi connectivity index (χ0) is 16.8. The van der Waals surface area contributed by atoms with E-state index in [-0.39, 0.29) is 5.52 Å². The highest BCUT2D eigenvalue weighted by Gasteiger charge is 2.08. The fraction of sp³-hybridized carbons (Fsp3) is 0.222. The van der Waals surface area contributed by atoms with E-state index in [0.29, 0.717) is 17.6 Å². The van der Waals surface area contributed by atoms with E-state index >= 15 is 0 Å². The summed E-state index contributed by atoms with van der Waals surface area (Å²) in [4.78, 5) is 8.17. The smallest absolute Gasteiger partial charge is 0.152 e. The number of hydrogen-bond acceptors (Lipinski definition) is 4. The van der Waals surface area contributed by atoms with Gasteiger partial charge in [-0.3, -0.25) is 4.98 Å². The number of nitrogens with zero attached hydrogens (tertiary/aromatic N) is 2. The van der Waals surface area contributed by atoms with Crippen LogP contribution in [0.3, 0.4) is 0 Å². The second-order valence-corrected chi connectivity index (χ2v) is 5.42. The van der Waals surface area contributed by atoms with Crippen LogP contribution in [0.4, 0.5) is 20.3 Å². The van der Waals surface area contributed by atoms with Gasteiger partial charge in [0.2, 0.25) is 0 Å². The Labute approximate surface area is 139 Å². The zero-order valence-electron chi connectivity index (χ0n) is 13.1. The van der Waals surface area contributed by atoms with Crippen LogP contribution in [-0.4, -0.2) is 23.1 Å². The van der Waals surface area contributed by atoms with Gasteiger partial charge >= 0.3 is 0 Å². The molecule has 0 saturated heterocycles. The van der Waals surface area contributed by atoms with Crippen LogP contribution in [0.1, 0.15) is 12.8 Å². The Balaban J connectivity index is 1.51. The molecule has 4 nitrogen and oxygen atoms in total. The summed E-state index contributed by atoms with van der Waals surface area (Å²) in [6.07, 6.45) is 5.14. The summed E-state index contributed by atoms with van der Waals surface area (Å²) >= 11 is 0. The lowest BCUT2D eigenvalue weighted by Gasteiger charge is -2.10. The third-order valence-electron chi connectivity index (χ3n) is 3.65. The van der Waals surface area contributed by atoms with E-state index in [2.05, 4.69) is 20.6 Å². The van der Waals surface area contributed by atoms with Gasteiger partial charge in [-0.2, -0.15) is 0 Å². The molecule has 3 rings (SSSR count). The fourth-order valence-corrected chi connectivity index (χ4v) is 2.49. The molecule has 0 amide bonds. The van der Waals surface area contributed by atoms with Crippen LogP contribution >= 0.6 is 0 Å². The first-order valence-electron chi connectivity index (χ1n) is 7.86. The number of unbranched alkanes of at least 4 members (excludes halogenated alkanes) is 1. The molecule has 0 spiro atoms. The molecule has 0 fully saturated rings. The predicted molar refractivity (Wildman–Crippen MR) is 92.1 cm³/mol. The Hall–Kier alpha value is -2.76. The normalized spacial score (nSPS) is 10.8. The van der Waals surface area contributed by atoms with E-state index in [1.807, 2.05) is 18.2 Å². The van der Waals surface area contributed by atoms with Crippen LogP contribution in [0.15, 0.2) is 48.8 Å². The molecule has 0 aliphatic carbocycles. The quantitative estimate of drug-likeness (QED) is 0.638. The number of fused-ring (bicyclic) bond motifs is 1. The van der Waals surface area contributed by atoms with Crippen molar-refractivity contribution in [2.75, 3.05) is 23.7 Å². The maximum absolute atomic E-state index is 13.7. The van der Waals surface area contributed by atoms with Crippen LogP contribution in [0.25, 0.3) is 10.9 Å². The summed E-state index contributed by atoms with van der Waals surface area (Å²) < 4.78 is 27.2. The molecular formula is C18H18F2N4. The minimum absolute atomic E-state index is 0.179.